The van der Waals surface area contributed by atoms with Crippen LogP contribution in [0.4, 0.5) is 5.13 Å². The van der Waals surface area contributed by atoms with Crippen molar-refractivity contribution >= 4 is 63.5 Å². The minimum Gasteiger partial charge on any atom is -0.375 e. The second-order valence-electron chi connectivity index (χ2n) is 6.41. The molecule has 2 heterocycles. The molecule has 0 spiro atoms. The van der Waals surface area contributed by atoms with E-state index in [4.69, 9.17) is 58.1 Å². The Hall–Kier alpha value is -2.32. The van der Waals surface area contributed by atoms with Gasteiger partial charge in [-0.15, -0.1) is 0 Å². The van der Waals surface area contributed by atoms with Crippen molar-refractivity contribution in [1.82, 2.24) is 9.97 Å². The number of anilines is 1. The number of hydrogen-bond acceptors (Lipinski definition) is 5. The molecular formula is C17H8B6N4S. The monoisotopic (exact) mass is 366 g/mol. The van der Waals surface area contributed by atoms with E-state index in [0.29, 0.717) is 32.4 Å². The van der Waals surface area contributed by atoms with Crippen molar-refractivity contribution in [2.45, 2.75) is 10.2 Å². The van der Waals surface area contributed by atoms with Crippen molar-refractivity contribution in [3.05, 3.63) is 53.3 Å². The maximum atomic E-state index is 9.17. The van der Waals surface area contributed by atoms with E-state index in [2.05, 4.69) is 16.0 Å². The molecule has 0 saturated carbocycles. The lowest BCUT2D eigenvalue weighted by Gasteiger charge is -2.26. The van der Waals surface area contributed by atoms with E-state index in [1.54, 1.807) is 30.3 Å². The highest BCUT2D eigenvalue weighted by Gasteiger charge is 2.23. The van der Waals surface area contributed by atoms with Gasteiger partial charge in [0.2, 0.25) is 0 Å². The van der Waals surface area contributed by atoms with Gasteiger partial charge in [-0.25, -0.2) is 4.98 Å². The second-order valence-corrected chi connectivity index (χ2v) is 7.45. The summed E-state index contributed by atoms with van der Waals surface area (Å²) in [4.78, 5) is 9.27. The van der Waals surface area contributed by atoms with Gasteiger partial charge < -0.3 is 5.73 Å². The summed E-state index contributed by atoms with van der Waals surface area (Å²) in [5.41, 5.74) is 8.57. The van der Waals surface area contributed by atoms with E-state index in [1.165, 1.54) is 11.3 Å². The Bertz CT molecular complexity index is 1050. The largest absolute Gasteiger partial charge is 0.375 e. The molecule has 3 rings (SSSR count). The maximum Gasteiger partial charge on any atom is 0.181 e. The summed E-state index contributed by atoms with van der Waals surface area (Å²) in [5.74, 6) is 0. The van der Waals surface area contributed by atoms with Crippen LogP contribution in [0.2, 0.25) is 0 Å². The predicted octanol–water partition coefficient (Wildman–Crippen LogP) is 0.558. The average Bonchev–Trinajstić information content (AvgIpc) is 3.02. The number of nitrogen functional groups attached to an aromatic ring is 1. The Labute approximate surface area is 175 Å². The number of nitrogens with two attached hydrogens (primary N) is 1. The molecule has 0 aliphatic heterocycles. The highest BCUT2D eigenvalue weighted by atomic mass is 32.1. The van der Waals surface area contributed by atoms with Crippen LogP contribution < -0.4 is 5.73 Å². The van der Waals surface area contributed by atoms with Crippen molar-refractivity contribution in [1.29, 1.82) is 5.26 Å². The van der Waals surface area contributed by atoms with Crippen molar-refractivity contribution in [3.8, 4) is 27.8 Å². The first kappa shape index (κ1) is 20.4. The number of thiazole rings is 1. The first-order valence-electron chi connectivity index (χ1n) is 8.02. The molecule has 2 aromatic heterocycles. The number of pyridine rings is 1. The Morgan fingerprint density at radius 1 is 0.893 bits per heavy atom. The lowest BCUT2D eigenvalue weighted by Crippen LogP contribution is -2.33. The van der Waals surface area contributed by atoms with Crippen molar-refractivity contribution in [3.63, 3.8) is 0 Å². The van der Waals surface area contributed by atoms with Crippen molar-refractivity contribution in [2.24, 2.45) is 0 Å². The van der Waals surface area contributed by atoms with Gasteiger partial charge in [0.1, 0.15) is 0 Å². The van der Waals surface area contributed by atoms with E-state index < -0.39 is 10.2 Å². The summed E-state index contributed by atoms with van der Waals surface area (Å²) >= 11 is 1.23. The summed E-state index contributed by atoms with van der Waals surface area (Å²) in [6, 6.07) is 12.3. The minimum absolute atomic E-state index is 0.134. The third kappa shape index (κ3) is 4.23. The predicted molar refractivity (Wildman–Crippen MR) is 118 cm³/mol. The zero-order valence-electron chi connectivity index (χ0n) is 14.8. The SMILES string of the molecule is [B]C([B])([B])c1cc(-c2sc(N)nc2-c2cccc(C#N)c2)cc(C([B])([B])[B])n1. The summed E-state index contributed by atoms with van der Waals surface area (Å²) in [7, 11) is 34.8. The number of benzene rings is 1. The van der Waals surface area contributed by atoms with Crippen molar-refractivity contribution < 1.29 is 0 Å². The summed E-state index contributed by atoms with van der Waals surface area (Å²) < 4.78 is 0. The summed E-state index contributed by atoms with van der Waals surface area (Å²) in [5, 5.41) is 6.01. The van der Waals surface area contributed by atoms with Crippen LogP contribution in [0.15, 0.2) is 36.4 Å². The zero-order valence-corrected chi connectivity index (χ0v) is 15.6. The molecule has 2 N–H and O–H groups in total. The molecule has 0 saturated heterocycles. The zero-order chi connectivity index (χ0) is 20.7. The van der Waals surface area contributed by atoms with Gasteiger partial charge in [-0.2, -0.15) is 5.26 Å². The molecule has 28 heavy (non-hydrogen) atoms. The van der Waals surface area contributed by atoms with Crippen molar-refractivity contribution in [2.75, 3.05) is 5.73 Å². The topological polar surface area (TPSA) is 75.6 Å². The summed E-state index contributed by atoms with van der Waals surface area (Å²) in [6.07, 6.45) is 0. The maximum absolute atomic E-state index is 9.17. The molecule has 0 unspecified atom stereocenters. The summed E-state index contributed by atoms with van der Waals surface area (Å²) in [6.45, 7) is 0. The normalized spacial score (nSPS) is 11.8. The molecule has 11 heteroatoms. The minimum atomic E-state index is -1.74. The molecule has 0 atom stereocenters. The number of nitrogens with zero attached hydrogens (tertiary/aromatic N) is 3. The van der Waals surface area contributed by atoms with E-state index in [9.17, 15) is 0 Å². The second kappa shape index (κ2) is 7.25. The van der Waals surface area contributed by atoms with Gasteiger partial charge >= 0.3 is 0 Å². The van der Waals surface area contributed by atoms with Gasteiger partial charge in [-0.3, -0.25) is 4.98 Å². The standard InChI is InChI=1S/C17H8B6N4S/c18-16(19,20)11-5-10(6-12(26-11)17(21,22)23)14-13(27-15(25)28-14)9-3-1-2-8(4-9)7-24/h1-6H,(H2,25,27). The van der Waals surface area contributed by atoms with Gasteiger partial charge in [0, 0.05) is 17.0 Å². The molecule has 0 fully saturated rings. The molecule has 3 aromatic rings. The number of hydrogen-bond donors (Lipinski definition) is 1. The van der Waals surface area contributed by atoms with Gasteiger partial charge in [0.15, 0.2) is 5.13 Å². The molecule has 0 amide bonds. The van der Waals surface area contributed by atoms with Gasteiger partial charge in [0.05, 0.1) is 69.3 Å². The van der Waals surface area contributed by atoms with Gasteiger partial charge in [0.25, 0.3) is 0 Å². The smallest absolute Gasteiger partial charge is 0.181 e. The Morgan fingerprint density at radius 3 is 2.04 bits per heavy atom. The van der Waals surface area contributed by atoms with Gasteiger partial charge in [-0.05, 0) is 29.8 Å². The Morgan fingerprint density at radius 2 is 1.50 bits per heavy atom. The quantitative estimate of drug-likeness (QED) is 0.686. The first-order chi connectivity index (χ1) is 13.0. The fraction of sp³-hybridized carbons (Fsp3) is 0.118. The number of aromatic nitrogens is 2. The fourth-order valence-corrected chi connectivity index (χ4v) is 3.41. The third-order valence-electron chi connectivity index (χ3n) is 3.88. The lowest BCUT2D eigenvalue weighted by molar-refractivity contribution is 0.994. The van der Waals surface area contributed by atoms with Crippen LogP contribution in [0.25, 0.3) is 21.7 Å². The first-order valence-corrected chi connectivity index (χ1v) is 8.84. The van der Waals surface area contributed by atoms with Crippen LogP contribution in [0.1, 0.15) is 17.0 Å². The van der Waals surface area contributed by atoms with Crippen LogP contribution in [-0.4, -0.2) is 57.0 Å². The van der Waals surface area contributed by atoms with E-state index >= 15 is 0 Å². The van der Waals surface area contributed by atoms with Crippen LogP contribution >= 0.6 is 11.3 Å². The lowest BCUT2D eigenvalue weighted by atomic mass is 9.40. The molecule has 0 bridgehead atoms. The van der Waals surface area contributed by atoms with Gasteiger partial charge in [-0.1, -0.05) is 33.7 Å². The van der Waals surface area contributed by atoms with Crippen LogP contribution in [0.3, 0.4) is 0 Å². The fourth-order valence-electron chi connectivity index (χ4n) is 2.57. The van der Waals surface area contributed by atoms with Crippen LogP contribution in [0, 0.1) is 11.3 Å². The van der Waals surface area contributed by atoms with E-state index in [1.807, 2.05) is 6.07 Å². The molecule has 12 radical (unpaired) electrons. The molecule has 0 aliphatic rings. The molecular weight excluding hydrogens is 357 g/mol. The highest BCUT2D eigenvalue weighted by Crippen LogP contribution is 2.39. The number of nitriles is 1. The van der Waals surface area contributed by atoms with E-state index in [0.717, 1.165) is 0 Å². The highest BCUT2D eigenvalue weighted by molar-refractivity contribution is 7.19. The molecule has 0 aliphatic carbocycles. The van der Waals surface area contributed by atoms with E-state index in [-0.39, 0.29) is 11.4 Å². The van der Waals surface area contributed by atoms with Crippen LogP contribution in [-0.2, 0) is 10.2 Å². The molecule has 4 nitrogen and oxygen atoms in total. The average molecular weight is 365 g/mol. The Kier molecular flexibility index (Phi) is 5.29. The molecule has 1 aromatic carbocycles. The Balaban J connectivity index is 2.26. The van der Waals surface area contributed by atoms with Crippen LogP contribution in [0.5, 0.6) is 0 Å². The molecule has 120 valence electrons. The third-order valence-corrected chi connectivity index (χ3v) is 4.82. The number of rotatable bonds is 4.